The summed E-state index contributed by atoms with van der Waals surface area (Å²) in [6.07, 6.45) is 7.17. The first-order valence-electron chi connectivity index (χ1n) is 11.2. The van der Waals surface area contributed by atoms with E-state index in [1.165, 1.54) is 32.1 Å². The molecule has 0 atom stereocenters. The molecular weight excluding hydrogens is 402 g/mol. The van der Waals surface area contributed by atoms with Gasteiger partial charge in [-0.15, -0.1) is 0 Å². The van der Waals surface area contributed by atoms with Crippen LogP contribution in [0.15, 0.2) is 24.3 Å². The molecule has 0 spiro atoms. The van der Waals surface area contributed by atoms with E-state index in [0.29, 0.717) is 24.9 Å². The Kier molecular flexibility index (Phi) is 5.37. The van der Waals surface area contributed by atoms with Crippen LogP contribution in [0.4, 0.5) is 5.69 Å². The maximum Gasteiger partial charge on any atom is 0.236 e. The summed E-state index contributed by atoms with van der Waals surface area (Å²) in [4.78, 5) is 12.9. The number of carbonyl (C=O) groups is 1. The Bertz CT molecular complexity index is 759. The number of amides is 1. The molecule has 3 N–H and O–H groups in total. The average molecular weight is 436 g/mol. The van der Waals surface area contributed by atoms with Crippen LogP contribution in [0.3, 0.4) is 0 Å². The van der Waals surface area contributed by atoms with Gasteiger partial charge in [-0.1, -0.05) is 11.0 Å². The minimum atomic E-state index is -3.23. The number of rotatable bonds is 5. The zero-order valence-electron chi connectivity index (χ0n) is 17.6. The van der Waals surface area contributed by atoms with E-state index in [2.05, 4.69) is 5.32 Å². The summed E-state index contributed by atoms with van der Waals surface area (Å²) in [6.45, 7) is 1.07. The molecule has 1 saturated heterocycles. The van der Waals surface area contributed by atoms with Crippen molar-refractivity contribution < 1.29 is 18.6 Å². The number of hydrogen-bond acceptors (Lipinski definition) is 6. The Morgan fingerprint density at radius 2 is 1.70 bits per heavy atom. The molecule has 6 rings (SSSR count). The number of hydrogen-bond donors (Lipinski definition) is 3. The summed E-state index contributed by atoms with van der Waals surface area (Å²) < 4.78 is 30.4. The fraction of sp³-hybridized carbons (Fsp3) is 0.682. The number of carbonyl (C=O) groups excluding carboxylic acids is 1. The van der Waals surface area contributed by atoms with Gasteiger partial charge >= 0.3 is 0 Å². The van der Waals surface area contributed by atoms with Crippen LogP contribution in [0.25, 0.3) is 0 Å². The molecule has 5 aliphatic rings. The number of nitrogens with one attached hydrogen (secondary N) is 1. The van der Waals surface area contributed by atoms with Crippen LogP contribution in [0, 0.1) is 23.7 Å². The molecule has 1 heterocycles. The lowest BCUT2D eigenvalue weighted by atomic mass is 9.54. The monoisotopic (exact) mass is 435 g/mol. The van der Waals surface area contributed by atoms with E-state index in [4.69, 9.17) is 4.74 Å². The van der Waals surface area contributed by atoms with Crippen molar-refractivity contribution >= 4 is 22.6 Å². The van der Waals surface area contributed by atoms with Gasteiger partial charge in [-0.3, -0.25) is 18.2 Å². The third-order valence-electron chi connectivity index (χ3n) is 7.65. The number of benzene rings is 1. The highest BCUT2D eigenvalue weighted by atomic mass is 32.3. The van der Waals surface area contributed by atoms with Gasteiger partial charge in [-0.2, -0.15) is 4.31 Å². The summed E-state index contributed by atoms with van der Waals surface area (Å²) in [5, 5.41) is 3.29. The lowest BCUT2D eigenvalue weighted by Crippen LogP contribution is -2.57. The Morgan fingerprint density at radius 3 is 2.30 bits per heavy atom. The molecule has 5 fully saturated rings. The van der Waals surface area contributed by atoms with Gasteiger partial charge < -0.3 is 10.1 Å². The highest BCUT2D eigenvalue weighted by molar-refractivity contribution is 8.23. The summed E-state index contributed by atoms with van der Waals surface area (Å²) in [5.41, 5.74) is 0.724. The van der Waals surface area contributed by atoms with Gasteiger partial charge in [0.05, 0.1) is 19.3 Å². The first-order chi connectivity index (χ1) is 14.4. The van der Waals surface area contributed by atoms with E-state index in [1.807, 2.05) is 24.3 Å². The zero-order valence-corrected chi connectivity index (χ0v) is 18.4. The van der Waals surface area contributed by atoms with E-state index in [1.54, 1.807) is 15.7 Å². The topological polar surface area (TPSA) is 85.3 Å². The van der Waals surface area contributed by atoms with E-state index in [0.717, 1.165) is 29.7 Å². The summed E-state index contributed by atoms with van der Waals surface area (Å²) in [5.74, 6) is 3.61. The number of ether oxygens (including phenoxy) is 1. The molecule has 30 heavy (non-hydrogen) atoms. The van der Waals surface area contributed by atoms with Crippen LogP contribution in [0.1, 0.15) is 38.5 Å². The van der Waals surface area contributed by atoms with Gasteiger partial charge in [0.1, 0.15) is 5.75 Å². The highest BCUT2D eigenvalue weighted by Crippen LogP contribution is 2.54. The SMILES string of the molecule is COc1ccc(N2CCCN(CC(=O)NC3C4CC5CC(C4)CC3C5)S2(O)O)cc1. The molecule has 0 unspecified atom stereocenters. The molecule has 8 heteroatoms. The Morgan fingerprint density at radius 1 is 1.07 bits per heavy atom. The first kappa shape index (κ1) is 20.4. The fourth-order valence-electron chi connectivity index (χ4n) is 6.51. The van der Waals surface area contributed by atoms with Crippen molar-refractivity contribution in [3.8, 4) is 5.75 Å². The largest absolute Gasteiger partial charge is 0.497 e. The molecular formula is C22H33N3O4S. The van der Waals surface area contributed by atoms with E-state index in [-0.39, 0.29) is 18.5 Å². The number of methoxy groups -OCH3 is 1. The Hall–Kier alpha value is -1.48. The molecule has 166 valence electrons. The van der Waals surface area contributed by atoms with Crippen LogP contribution in [-0.4, -0.2) is 52.1 Å². The quantitative estimate of drug-likeness (QED) is 0.654. The fourth-order valence-corrected chi connectivity index (χ4v) is 8.23. The highest BCUT2D eigenvalue weighted by Gasteiger charge is 2.48. The molecule has 1 aromatic carbocycles. The lowest BCUT2D eigenvalue weighted by molar-refractivity contribution is -0.125. The van der Waals surface area contributed by atoms with Crippen molar-refractivity contribution in [3.63, 3.8) is 0 Å². The molecule has 1 amide bonds. The maximum atomic E-state index is 12.9. The van der Waals surface area contributed by atoms with Gasteiger partial charge in [0.2, 0.25) is 5.91 Å². The predicted octanol–water partition coefficient (Wildman–Crippen LogP) is 3.73. The molecule has 4 bridgehead atoms. The normalized spacial score (nSPS) is 35.8. The molecule has 0 radical (unpaired) electrons. The molecule has 1 aromatic rings. The standard InChI is InChI=1S/C22H33N3O4S/c1-29-20-5-3-19(4-6-20)25-8-2-7-24(30(25,27)28)14-21(26)23-22-17-10-15-9-16(12-17)13-18(22)11-15/h3-6,15-18,22,27-28H,2,7-14H2,1H3,(H,23,26). The van der Waals surface area contributed by atoms with Gasteiger partial charge in [0, 0.05) is 19.1 Å². The summed E-state index contributed by atoms with van der Waals surface area (Å²) in [6, 6.07) is 7.54. The maximum absolute atomic E-state index is 12.9. The van der Waals surface area contributed by atoms with Crippen LogP contribution >= 0.6 is 11.0 Å². The first-order valence-corrected chi connectivity index (χ1v) is 12.6. The minimum Gasteiger partial charge on any atom is -0.497 e. The van der Waals surface area contributed by atoms with Crippen molar-refractivity contribution in [2.24, 2.45) is 23.7 Å². The third kappa shape index (κ3) is 3.68. The predicted molar refractivity (Wildman–Crippen MR) is 118 cm³/mol. The van der Waals surface area contributed by atoms with E-state index < -0.39 is 11.0 Å². The van der Waals surface area contributed by atoms with E-state index >= 15 is 0 Å². The van der Waals surface area contributed by atoms with Crippen molar-refractivity contribution in [2.45, 2.75) is 44.6 Å². The average Bonchev–Trinajstić information content (AvgIpc) is 2.72. The van der Waals surface area contributed by atoms with Gasteiger partial charge in [-0.05, 0) is 86.5 Å². The summed E-state index contributed by atoms with van der Waals surface area (Å²) in [7, 11) is -1.62. The van der Waals surface area contributed by atoms with Crippen LogP contribution in [0.5, 0.6) is 5.75 Å². The van der Waals surface area contributed by atoms with Crippen molar-refractivity contribution in [1.29, 1.82) is 0 Å². The second-order valence-electron chi connectivity index (χ2n) is 9.53. The van der Waals surface area contributed by atoms with Gasteiger partial charge in [0.15, 0.2) is 0 Å². The van der Waals surface area contributed by atoms with Crippen molar-refractivity contribution in [3.05, 3.63) is 24.3 Å². The second-order valence-corrected chi connectivity index (χ2v) is 11.5. The minimum absolute atomic E-state index is 0.0256. The van der Waals surface area contributed by atoms with Crippen molar-refractivity contribution in [2.75, 3.05) is 31.0 Å². The molecule has 7 nitrogen and oxygen atoms in total. The molecule has 4 saturated carbocycles. The van der Waals surface area contributed by atoms with Crippen LogP contribution in [0.2, 0.25) is 0 Å². The van der Waals surface area contributed by atoms with Crippen LogP contribution in [-0.2, 0) is 4.79 Å². The molecule has 1 aliphatic heterocycles. The number of anilines is 1. The van der Waals surface area contributed by atoms with Gasteiger partial charge in [-0.25, -0.2) is 0 Å². The lowest BCUT2D eigenvalue weighted by Gasteiger charge is -2.55. The number of nitrogens with zero attached hydrogens (tertiary/aromatic N) is 2. The Balaban J connectivity index is 1.24. The second kappa shape index (κ2) is 7.89. The van der Waals surface area contributed by atoms with E-state index in [9.17, 15) is 13.9 Å². The summed E-state index contributed by atoms with van der Waals surface area (Å²) >= 11 is 0. The Labute approximate surface area is 180 Å². The zero-order chi connectivity index (χ0) is 20.9. The van der Waals surface area contributed by atoms with Crippen LogP contribution < -0.4 is 14.4 Å². The van der Waals surface area contributed by atoms with Gasteiger partial charge in [0.25, 0.3) is 0 Å². The molecule has 0 aromatic heterocycles. The third-order valence-corrected chi connectivity index (χ3v) is 9.63. The molecule has 4 aliphatic carbocycles. The van der Waals surface area contributed by atoms with Crippen molar-refractivity contribution in [1.82, 2.24) is 9.62 Å². The smallest absolute Gasteiger partial charge is 0.236 e.